The largest absolute Gasteiger partial charge is 0.460 e. The summed E-state index contributed by atoms with van der Waals surface area (Å²) in [5, 5.41) is 0. The third-order valence-electron chi connectivity index (χ3n) is 1.40. The minimum absolute atomic E-state index is 0.137. The van der Waals surface area contributed by atoms with Crippen LogP contribution in [-0.2, 0) is 14.0 Å². The summed E-state index contributed by atoms with van der Waals surface area (Å²) in [6.45, 7) is 11.0. The molecule has 4 heteroatoms. The smallest absolute Gasteiger partial charge is 0.333 e. The fourth-order valence-electron chi connectivity index (χ4n) is 0.632. The summed E-state index contributed by atoms with van der Waals surface area (Å²) in [6, 6.07) is 0. The second-order valence-electron chi connectivity index (χ2n) is 3.37. The van der Waals surface area contributed by atoms with Gasteiger partial charge in [-0.05, 0) is 27.2 Å². The van der Waals surface area contributed by atoms with Crippen molar-refractivity contribution in [3.8, 4) is 0 Å². The Morgan fingerprint density at radius 3 is 2.43 bits per heavy atom. The molecule has 1 unspecified atom stereocenters. The van der Waals surface area contributed by atoms with Crippen molar-refractivity contribution in [2.45, 2.75) is 45.9 Å². The van der Waals surface area contributed by atoms with E-state index >= 15 is 0 Å². The maximum absolute atomic E-state index is 11.2. The molecular formula is C10H18O3Si. The lowest BCUT2D eigenvalue weighted by atomic mass is 10.4. The van der Waals surface area contributed by atoms with Gasteiger partial charge >= 0.3 is 5.97 Å². The molecule has 0 fully saturated rings. The van der Waals surface area contributed by atoms with Crippen LogP contribution in [0.15, 0.2) is 12.2 Å². The first kappa shape index (κ1) is 13.4. The van der Waals surface area contributed by atoms with Gasteiger partial charge in [0.1, 0.15) is 5.73 Å². The minimum Gasteiger partial charge on any atom is -0.460 e. The van der Waals surface area contributed by atoms with Crippen LogP contribution >= 0.6 is 0 Å². The average Bonchev–Trinajstić information content (AvgIpc) is 2.11. The standard InChI is InChI=1S/C10H18O3Si/c1-6-9(14-13-8(4)5)12-10(11)7(2)3/h8-9H,2,6H2,1,3-5H3. The van der Waals surface area contributed by atoms with Crippen LogP contribution in [0.4, 0.5) is 0 Å². The molecule has 0 saturated carbocycles. The summed E-state index contributed by atoms with van der Waals surface area (Å²) in [4.78, 5) is 11.2. The Hall–Kier alpha value is -0.613. The third kappa shape index (κ3) is 5.94. The van der Waals surface area contributed by atoms with E-state index in [1.807, 2.05) is 20.8 Å². The van der Waals surface area contributed by atoms with Gasteiger partial charge in [0.25, 0.3) is 9.76 Å². The quantitative estimate of drug-likeness (QED) is 0.385. The first-order valence-electron chi connectivity index (χ1n) is 4.75. The first-order chi connectivity index (χ1) is 6.47. The van der Waals surface area contributed by atoms with Gasteiger partial charge in [0.05, 0.1) is 0 Å². The van der Waals surface area contributed by atoms with Gasteiger partial charge in [-0.15, -0.1) is 0 Å². The number of carbonyl (C=O) groups is 1. The fourth-order valence-corrected chi connectivity index (χ4v) is 1.38. The summed E-state index contributed by atoms with van der Waals surface area (Å²) in [5.41, 5.74) is 0.291. The lowest BCUT2D eigenvalue weighted by molar-refractivity contribution is -0.141. The van der Waals surface area contributed by atoms with Crippen LogP contribution in [0.25, 0.3) is 0 Å². The van der Waals surface area contributed by atoms with E-state index in [1.54, 1.807) is 6.92 Å². The van der Waals surface area contributed by atoms with Gasteiger partial charge in [0.2, 0.25) is 0 Å². The molecule has 0 aromatic rings. The maximum atomic E-state index is 11.2. The molecule has 3 nitrogen and oxygen atoms in total. The molecule has 0 aliphatic rings. The molecule has 2 radical (unpaired) electrons. The molecule has 14 heavy (non-hydrogen) atoms. The monoisotopic (exact) mass is 214 g/mol. The highest BCUT2D eigenvalue weighted by Crippen LogP contribution is 2.02. The molecule has 0 aliphatic heterocycles. The molecule has 0 bridgehead atoms. The first-order valence-corrected chi connectivity index (χ1v) is 5.73. The van der Waals surface area contributed by atoms with Crippen LogP contribution in [-0.4, -0.2) is 27.6 Å². The van der Waals surface area contributed by atoms with Gasteiger partial charge in [0.15, 0.2) is 0 Å². The zero-order valence-electron chi connectivity index (χ0n) is 9.29. The number of hydrogen-bond acceptors (Lipinski definition) is 3. The normalized spacial score (nSPS) is 12.6. The van der Waals surface area contributed by atoms with Crippen molar-refractivity contribution in [3.63, 3.8) is 0 Å². The second kappa shape index (κ2) is 6.78. The zero-order chi connectivity index (χ0) is 11.1. The zero-order valence-corrected chi connectivity index (χ0v) is 10.3. The summed E-state index contributed by atoms with van der Waals surface area (Å²) in [7, 11) is 0.205. The Kier molecular flexibility index (Phi) is 6.49. The molecule has 0 saturated heterocycles. The van der Waals surface area contributed by atoms with Crippen LogP contribution in [0.3, 0.4) is 0 Å². The van der Waals surface area contributed by atoms with E-state index in [2.05, 4.69) is 6.58 Å². The Labute approximate surface area is 88.4 Å². The van der Waals surface area contributed by atoms with Crippen LogP contribution in [0.1, 0.15) is 34.1 Å². The molecule has 0 aromatic heterocycles. The average molecular weight is 214 g/mol. The number of rotatable bonds is 6. The van der Waals surface area contributed by atoms with Gasteiger partial charge in [0, 0.05) is 11.7 Å². The van der Waals surface area contributed by atoms with Crippen LogP contribution in [0.2, 0.25) is 0 Å². The fraction of sp³-hybridized carbons (Fsp3) is 0.700. The van der Waals surface area contributed by atoms with Gasteiger partial charge in [-0.2, -0.15) is 0 Å². The van der Waals surface area contributed by atoms with Crippen LogP contribution < -0.4 is 0 Å². The molecular weight excluding hydrogens is 196 g/mol. The van der Waals surface area contributed by atoms with E-state index in [-0.39, 0.29) is 27.6 Å². The Balaban J connectivity index is 3.90. The van der Waals surface area contributed by atoms with E-state index in [9.17, 15) is 4.79 Å². The van der Waals surface area contributed by atoms with Gasteiger partial charge in [-0.3, -0.25) is 0 Å². The van der Waals surface area contributed by atoms with Gasteiger partial charge < -0.3 is 9.16 Å². The summed E-state index contributed by atoms with van der Waals surface area (Å²) in [5.74, 6) is -0.336. The minimum atomic E-state index is -0.336. The van der Waals surface area contributed by atoms with Crippen LogP contribution in [0, 0.1) is 0 Å². The highest BCUT2D eigenvalue weighted by Gasteiger charge is 2.15. The molecule has 0 aliphatic carbocycles. The van der Waals surface area contributed by atoms with Crippen molar-refractivity contribution in [3.05, 3.63) is 12.2 Å². The van der Waals surface area contributed by atoms with E-state index in [1.165, 1.54) is 0 Å². The van der Waals surface area contributed by atoms with Crippen molar-refractivity contribution in [2.75, 3.05) is 0 Å². The number of ether oxygens (including phenoxy) is 1. The van der Waals surface area contributed by atoms with Crippen molar-refractivity contribution in [2.24, 2.45) is 0 Å². The van der Waals surface area contributed by atoms with Crippen molar-refractivity contribution < 1.29 is 14.0 Å². The summed E-state index contributed by atoms with van der Waals surface area (Å²) < 4.78 is 10.6. The van der Waals surface area contributed by atoms with E-state index in [0.717, 1.165) is 6.42 Å². The summed E-state index contributed by atoms with van der Waals surface area (Å²) in [6.07, 6.45) is 0.940. The molecule has 80 valence electrons. The predicted octanol–water partition coefficient (Wildman–Crippen LogP) is 1.89. The van der Waals surface area contributed by atoms with E-state index in [0.29, 0.717) is 5.57 Å². The summed E-state index contributed by atoms with van der Waals surface area (Å²) >= 11 is 0. The molecule has 0 N–H and O–H groups in total. The lowest BCUT2D eigenvalue weighted by Gasteiger charge is -2.16. The predicted molar refractivity (Wildman–Crippen MR) is 57.0 cm³/mol. The van der Waals surface area contributed by atoms with Gasteiger partial charge in [-0.1, -0.05) is 13.5 Å². The van der Waals surface area contributed by atoms with E-state index < -0.39 is 0 Å². The Morgan fingerprint density at radius 1 is 1.50 bits per heavy atom. The SMILES string of the molecule is C=C(C)C(=O)OC(CC)[Si]OC(C)C. The number of hydrogen-bond donors (Lipinski definition) is 0. The number of esters is 1. The molecule has 0 heterocycles. The Bertz CT molecular complexity index is 202. The lowest BCUT2D eigenvalue weighted by Crippen LogP contribution is -2.27. The molecule has 0 aromatic carbocycles. The van der Waals surface area contributed by atoms with Gasteiger partial charge in [-0.25, -0.2) is 4.79 Å². The Morgan fingerprint density at radius 2 is 2.07 bits per heavy atom. The molecule has 1 atom stereocenters. The highest BCUT2D eigenvalue weighted by molar-refractivity contribution is 6.29. The van der Waals surface area contributed by atoms with Crippen LogP contribution in [0.5, 0.6) is 0 Å². The highest BCUT2D eigenvalue weighted by atomic mass is 28.2. The van der Waals surface area contributed by atoms with Crippen molar-refractivity contribution >= 4 is 15.7 Å². The molecule has 0 amide bonds. The second-order valence-corrected chi connectivity index (χ2v) is 4.48. The topological polar surface area (TPSA) is 35.5 Å². The molecule has 0 rings (SSSR count). The third-order valence-corrected chi connectivity index (χ3v) is 2.80. The molecule has 0 spiro atoms. The van der Waals surface area contributed by atoms with E-state index in [4.69, 9.17) is 9.16 Å². The van der Waals surface area contributed by atoms with Crippen molar-refractivity contribution in [1.29, 1.82) is 0 Å². The number of carbonyl (C=O) groups excluding carboxylic acids is 1. The maximum Gasteiger partial charge on any atom is 0.333 e. The van der Waals surface area contributed by atoms with Crippen molar-refractivity contribution in [1.82, 2.24) is 0 Å².